The molecule has 0 spiro atoms. The Bertz CT molecular complexity index is 245. The number of ether oxygens (including phenoxy) is 1. The molecule has 0 amide bonds. The molecule has 1 aliphatic rings. The Morgan fingerprint density at radius 2 is 2.29 bits per heavy atom. The Morgan fingerprint density at radius 3 is 2.86 bits per heavy atom. The molecular formula is C9H19NO3S. The highest BCUT2D eigenvalue weighted by atomic mass is 32.2. The average Bonchev–Trinajstić information content (AvgIpc) is 2.19. The van der Waals surface area contributed by atoms with Gasteiger partial charge in [-0.25, -0.2) is 8.42 Å². The zero-order valence-corrected chi connectivity index (χ0v) is 9.48. The van der Waals surface area contributed by atoms with Crippen LogP contribution in [0.4, 0.5) is 0 Å². The third-order valence-corrected chi connectivity index (χ3v) is 4.11. The average molecular weight is 221 g/mol. The molecule has 1 N–H and O–H groups in total. The van der Waals surface area contributed by atoms with Gasteiger partial charge in [0.15, 0.2) is 9.84 Å². The minimum absolute atomic E-state index is 0.153. The molecule has 84 valence electrons. The summed E-state index contributed by atoms with van der Waals surface area (Å²) in [5, 5.41) is 3.22. The van der Waals surface area contributed by atoms with Crippen molar-refractivity contribution in [2.24, 2.45) is 0 Å². The maximum atomic E-state index is 11.1. The molecule has 1 atom stereocenters. The summed E-state index contributed by atoms with van der Waals surface area (Å²) in [5.41, 5.74) is 0. The van der Waals surface area contributed by atoms with Crippen LogP contribution in [0, 0.1) is 0 Å². The molecular weight excluding hydrogens is 202 g/mol. The van der Waals surface area contributed by atoms with Gasteiger partial charge in [-0.1, -0.05) is 6.92 Å². The van der Waals surface area contributed by atoms with Crippen molar-refractivity contribution in [3.05, 3.63) is 0 Å². The van der Waals surface area contributed by atoms with E-state index in [1.54, 1.807) is 6.92 Å². The third kappa shape index (κ3) is 4.39. The first-order chi connectivity index (χ1) is 6.64. The molecule has 4 nitrogen and oxygen atoms in total. The molecule has 5 heteroatoms. The van der Waals surface area contributed by atoms with E-state index in [0.29, 0.717) is 6.61 Å². The second kappa shape index (κ2) is 5.68. The standard InChI is InChI=1S/C9H19NO3S/c1-2-14(11,12)7-6-13-9-4-3-5-10-8-9/h9-10H,2-8H2,1H3. The smallest absolute Gasteiger partial charge is 0.152 e. The number of rotatable bonds is 5. The van der Waals surface area contributed by atoms with Gasteiger partial charge < -0.3 is 10.1 Å². The van der Waals surface area contributed by atoms with E-state index in [0.717, 1.165) is 25.9 Å². The molecule has 0 aliphatic carbocycles. The highest BCUT2D eigenvalue weighted by Gasteiger charge is 2.14. The lowest BCUT2D eigenvalue weighted by atomic mass is 10.1. The summed E-state index contributed by atoms with van der Waals surface area (Å²) in [7, 11) is -2.87. The lowest BCUT2D eigenvalue weighted by Gasteiger charge is -2.22. The quantitative estimate of drug-likeness (QED) is 0.720. The Morgan fingerprint density at radius 1 is 1.50 bits per heavy atom. The predicted octanol–water partition coefficient (Wildman–Crippen LogP) is 0.190. The fourth-order valence-electron chi connectivity index (χ4n) is 1.45. The van der Waals surface area contributed by atoms with Crippen molar-refractivity contribution in [2.45, 2.75) is 25.9 Å². The van der Waals surface area contributed by atoms with Gasteiger partial charge in [0.05, 0.1) is 18.5 Å². The van der Waals surface area contributed by atoms with E-state index in [9.17, 15) is 8.42 Å². The predicted molar refractivity (Wildman–Crippen MR) is 56.2 cm³/mol. The van der Waals surface area contributed by atoms with E-state index in [2.05, 4.69) is 5.32 Å². The van der Waals surface area contributed by atoms with E-state index in [1.165, 1.54) is 0 Å². The second-order valence-electron chi connectivity index (χ2n) is 3.58. The van der Waals surface area contributed by atoms with Crippen LogP contribution in [0.25, 0.3) is 0 Å². The van der Waals surface area contributed by atoms with Gasteiger partial charge in [-0.05, 0) is 19.4 Å². The van der Waals surface area contributed by atoms with E-state index in [4.69, 9.17) is 4.74 Å². The molecule has 14 heavy (non-hydrogen) atoms. The summed E-state index contributed by atoms with van der Waals surface area (Å²) >= 11 is 0. The monoisotopic (exact) mass is 221 g/mol. The Kier molecular flexibility index (Phi) is 4.84. The normalized spacial score (nSPS) is 23.6. The van der Waals surface area contributed by atoms with Crippen LogP contribution in [-0.2, 0) is 14.6 Å². The number of sulfone groups is 1. The summed E-state index contributed by atoms with van der Waals surface area (Å²) in [6.07, 6.45) is 2.36. The molecule has 0 radical (unpaired) electrons. The summed E-state index contributed by atoms with van der Waals surface area (Å²) in [4.78, 5) is 0. The lowest BCUT2D eigenvalue weighted by molar-refractivity contribution is 0.0469. The van der Waals surface area contributed by atoms with Gasteiger partial charge in [0.25, 0.3) is 0 Å². The zero-order chi connectivity index (χ0) is 10.4. The third-order valence-electron chi connectivity index (χ3n) is 2.44. The van der Waals surface area contributed by atoms with Crippen molar-refractivity contribution < 1.29 is 13.2 Å². The van der Waals surface area contributed by atoms with Crippen LogP contribution in [0.2, 0.25) is 0 Å². The van der Waals surface area contributed by atoms with E-state index in [1.807, 2.05) is 0 Å². The number of hydrogen-bond donors (Lipinski definition) is 1. The first kappa shape index (κ1) is 11.9. The Labute approximate surface area is 85.9 Å². The summed E-state index contributed by atoms with van der Waals surface area (Å²) in [5.74, 6) is 0.360. The molecule has 1 heterocycles. The van der Waals surface area contributed by atoms with Gasteiger partial charge in [0, 0.05) is 12.3 Å². The lowest BCUT2D eigenvalue weighted by Crippen LogP contribution is -2.36. The Hall–Kier alpha value is -0.130. The van der Waals surface area contributed by atoms with Crippen LogP contribution in [0.15, 0.2) is 0 Å². The maximum absolute atomic E-state index is 11.1. The van der Waals surface area contributed by atoms with Crippen molar-refractivity contribution in [1.82, 2.24) is 5.32 Å². The highest BCUT2D eigenvalue weighted by molar-refractivity contribution is 7.91. The van der Waals surface area contributed by atoms with Crippen LogP contribution < -0.4 is 5.32 Å². The van der Waals surface area contributed by atoms with E-state index < -0.39 is 9.84 Å². The number of nitrogens with one attached hydrogen (secondary N) is 1. The van der Waals surface area contributed by atoms with Crippen molar-refractivity contribution in [3.8, 4) is 0 Å². The zero-order valence-electron chi connectivity index (χ0n) is 8.66. The molecule has 0 aromatic heterocycles. The fraction of sp³-hybridized carbons (Fsp3) is 1.00. The summed E-state index contributed by atoms with van der Waals surface area (Å²) < 4.78 is 27.8. The molecule has 0 aromatic rings. The highest BCUT2D eigenvalue weighted by Crippen LogP contribution is 2.05. The van der Waals surface area contributed by atoms with Gasteiger partial charge in [0.2, 0.25) is 0 Å². The van der Waals surface area contributed by atoms with Crippen LogP contribution in [0.3, 0.4) is 0 Å². The Balaban J connectivity index is 2.14. The van der Waals surface area contributed by atoms with Gasteiger partial charge in [-0.3, -0.25) is 0 Å². The van der Waals surface area contributed by atoms with Crippen molar-refractivity contribution in [1.29, 1.82) is 0 Å². The van der Waals surface area contributed by atoms with Crippen molar-refractivity contribution in [2.75, 3.05) is 31.2 Å². The molecule has 1 fully saturated rings. The first-order valence-corrected chi connectivity index (χ1v) is 6.99. The molecule has 1 rings (SSSR count). The van der Waals surface area contributed by atoms with Crippen LogP contribution in [-0.4, -0.2) is 45.7 Å². The van der Waals surface area contributed by atoms with Gasteiger partial charge >= 0.3 is 0 Å². The summed E-state index contributed by atoms with van der Waals surface area (Å²) in [6.45, 7) is 3.90. The first-order valence-electron chi connectivity index (χ1n) is 5.17. The van der Waals surface area contributed by atoms with Crippen molar-refractivity contribution >= 4 is 9.84 Å². The van der Waals surface area contributed by atoms with Gasteiger partial charge in [-0.2, -0.15) is 0 Å². The molecule has 0 bridgehead atoms. The topological polar surface area (TPSA) is 55.4 Å². The molecule has 1 unspecified atom stereocenters. The van der Waals surface area contributed by atoms with Crippen LogP contribution in [0.5, 0.6) is 0 Å². The molecule has 1 aliphatic heterocycles. The van der Waals surface area contributed by atoms with E-state index >= 15 is 0 Å². The van der Waals surface area contributed by atoms with Gasteiger partial charge in [-0.15, -0.1) is 0 Å². The van der Waals surface area contributed by atoms with Crippen molar-refractivity contribution in [3.63, 3.8) is 0 Å². The summed E-state index contributed by atoms with van der Waals surface area (Å²) in [6, 6.07) is 0. The van der Waals surface area contributed by atoms with Crippen LogP contribution in [0.1, 0.15) is 19.8 Å². The maximum Gasteiger partial charge on any atom is 0.152 e. The molecule has 0 aromatic carbocycles. The molecule has 0 saturated carbocycles. The minimum atomic E-state index is -2.87. The van der Waals surface area contributed by atoms with E-state index in [-0.39, 0.29) is 17.6 Å². The fourth-order valence-corrected chi connectivity index (χ4v) is 2.09. The van der Waals surface area contributed by atoms with Gasteiger partial charge in [0.1, 0.15) is 0 Å². The second-order valence-corrected chi connectivity index (χ2v) is 6.05. The SMILES string of the molecule is CCS(=O)(=O)CCOC1CCCNC1. The van der Waals surface area contributed by atoms with Crippen LogP contribution >= 0.6 is 0 Å². The molecule has 1 saturated heterocycles. The number of piperidine rings is 1. The minimum Gasteiger partial charge on any atom is -0.376 e. The number of hydrogen-bond acceptors (Lipinski definition) is 4. The largest absolute Gasteiger partial charge is 0.376 e.